The zero-order valence-corrected chi connectivity index (χ0v) is 22.0. The van der Waals surface area contributed by atoms with Crippen molar-refractivity contribution < 1.29 is 9.47 Å². The van der Waals surface area contributed by atoms with Crippen LogP contribution in [-0.2, 0) is 6.42 Å². The number of piperidine rings is 1. The molecular formula is C23H35IN4O2S. The highest BCUT2D eigenvalue weighted by Gasteiger charge is 2.21. The third kappa shape index (κ3) is 7.75. The number of rotatable bonds is 8. The van der Waals surface area contributed by atoms with Crippen molar-refractivity contribution in [3.05, 3.63) is 40.6 Å². The minimum Gasteiger partial charge on any atom is -0.497 e. The predicted molar refractivity (Wildman–Crippen MR) is 142 cm³/mol. The van der Waals surface area contributed by atoms with Crippen molar-refractivity contribution in [2.45, 2.75) is 32.2 Å². The molecule has 172 valence electrons. The molecule has 8 heteroatoms. The lowest BCUT2D eigenvalue weighted by molar-refractivity contribution is 0.393. The van der Waals surface area contributed by atoms with E-state index in [-0.39, 0.29) is 24.0 Å². The van der Waals surface area contributed by atoms with Crippen molar-refractivity contribution >= 4 is 47.0 Å². The molecule has 1 aromatic carbocycles. The number of methoxy groups -OCH3 is 2. The highest BCUT2D eigenvalue weighted by molar-refractivity contribution is 14.0. The summed E-state index contributed by atoms with van der Waals surface area (Å²) in [6.45, 7) is 5.17. The van der Waals surface area contributed by atoms with Gasteiger partial charge in [0.2, 0.25) is 0 Å². The largest absolute Gasteiger partial charge is 0.497 e. The molecule has 0 amide bonds. The average molecular weight is 559 g/mol. The number of aliphatic imine (C=N–C) groups is 1. The van der Waals surface area contributed by atoms with E-state index in [9.17, 15) is 0 Å². The number of nitrogens with one attached hydrogen (secondary N) is 2. The smallest absolute Gasteiger partial charge is 0.191 e. The first kappa shape index (κ1) is 25.6. The molecule has 1 saturated heterocycles. The molecule has 31 heavy (non-hydrogen) atoms. The molecule has 1 aromatic heterocycles. The van der Waals surface area contributed by atoms with Gasteiger partial charge in [-0.1, -0.05) is 13.0 Å². The molecule has 1 unspecified atom stereocenters. The molecule has 1 atom stereocenters. The van der Waals surface area contributed by atoms with E-state index < -0.39 is 0 Å². The number of thiophene rings is 1. The van der Waals surface area contributed by atoms with Gasteiger partial charge in [0.1, 0.15) is 11.5 Å². The van der Waals surface area contributed by atoms with Crippen molar-refractivity contribution in [3.63, 3.8) is 0 Å². The van der Waals surface area contributed by atoms with Gasteiger partial charge in [0.15, 0.2) is 5.96 Å². The summed E-state index contributed by atoms with van der Waals surface area (Å²) in [6.07, 6.45) is 3.22. The third-order valence-electron chi connectivity index (χ3n) is 5.51. The fourth-order valence-electron chi connectivity index (χ4n) is 3.76. The summed E-state index contributed by atoms with van der Waals surface area (Å²) in [5.41, 5.74) is 1.15. The van der Waals surface area contributed by atoms with Crippen LogP contribution in [0.1, 0.15) is 24.6 Å². The molecule has 3 rings (SSSR count). The maximum atomic E-state index is 5.41. The molecule has 1 aliphatic heterocycles. The topological polar surface area (TPSA) is 58.1 Å². The molecule has 0 spiro atoms. The second-order valence-electron chi connectivity index (χ2n) is 7.82. The second kappa shape index (κ2) is 13.0. The van der Waals surface area contributed by atoms with Gasteiger partial charge in [0.05, 0.1) is 14.2 Å². The lowest BCUT2D eigenvalue weighted by atomic mass is 10.0. The Labute approximate surface area is 207 Å². The Morgan fingerprint density at radius 3 is 2.42 bits per heavy atom. The highest BCUT2D eigenvalue weighted by atomic mass is 127. The van der Waals surface area contributed by atoms with Gasteiger partial charge in [-0.25, -0.2) is 0 Å². The lowest BCUT2D eigenvalue weighted by Crippen LogP contribution is -2.49. The standard InChI is InChI=1S/C23H34N4O2S.HI/c1-17(12-22-6-5-11-30-22)16-25-23(24-2)26-18-7-9-27(10-8-18)19-13-20(28-3)15-21(14-19)29-4;/h5-6,11,13-15,17-18H,7-10,12,16H2,1-4H3,(H2,24,25,26);1H. The fraction of sp³-hybridized carbons (Fsp3) is 0.522. The molecule has 0 saturated carbocycles. The van der Waals surface area contributed by atoms with E-state index in [1.54, 1.807) is 14.2 Å². The van der Waals surface area contributed by atoms with Crippen molar-refractivity contribution in [2.75, 3.05) is 45.8 Å². The Balaban J connectivity index is 0.00000341. The fourth-order valence-corrected chi connectivity index (χ4v) is 4.63. The van der Waals surface area contributed by atoms with Crippen LogP contribution >= 0.6 is 35.3 Å². The van der Waals surface area contributed by atoms with Crippen LogP contribution in [-0.4, -0.2) is 52.9 Å². The van der Waals surface area contributed by atoms with Crippen molar-refractivity contribution in [2.24, 2.45) is 10.9 Å². The van der Waals surface area contributed by atoms with E-state index in [4.69, 9.17) is 9.47 Å². The Bertz CT molecular complexity index is 786. The zero-order valence-electron chi connectivity index (χ0n) is 18.9. The summed E-state index contributed by atoms with van der Waals surface area (Å²) in [5, 5.41) is 9.24. The Kier molecular flexibility index (Phi) is 10.7. The number of ether oxygens (including phenoxy) is 2. The number of nitrogens with zero attached hydrogens (tertiary/aromatic N) is 2. The van der Waals surface area contributed by atoms with Gasteiger partial charge in [-0.3, -0.25) is 4.99 Å². The first-order chi connectivity index (χ1) is 14.6. The highest BCUT2D eigenvalue weighted by Crippen LogP contribution is 2.30. The van der Waals surface area contributed by atoms with E-state index in [0.717, 1.165) is 62.0 Å². The van der Waals surface area contributed by atoms with Crippen LogP contribution in [0, 0.1) is 5.92 Å². The van der Waals surface area contributed by atoms with Crippen LogP contribution in [0.25, 0.3) is 0 Å². The molecule has 0 bridgehead atoms. The Hall–Kier alpha value is -1.68. The van der Waals surface area contributed by atoms with Crippen LogP contribution in [0.2, 0.25) is 0 Å². The quantitative estimate of drug-likeness (QED) is 0.286. The van der Waals surface area contributed by atoms with Gasteiger partial charge in [0, 0.05) is 61.5 Å². The van der Waals surface area contributed by atoms with Crippen molar-refractivity contribution in [1.82, 2.24) is 10.6 Å². The summed E-state index contributed by atoms with van der Waals surface area (Å²) >= 11 is 1.83. The zero-order chi connectivity index (χ0) is 21.3. The van der Waals surface area contributed by atoms with E-state index in [1.165, 1.54) is 4.88 Å². The maximum Gasteiger partial charge on any atom is 0.191 e. The number of halogens is 1. The molecule has 1 aliphatic rings. The third-order valence-corrected chi connectivity index (χ3v) is 6.41. The molecule has 6 nitrogen and oxygen atoms in total. The number of benzene rings is 1. The van der Waals surface area contributed by atoms with Crippen LogP contribution in [0.15, 0.2) is 40.7 Å². The monoisotopic (exact) mass is 558 g/mol. The number of guanidine groups is 1. The van der Waals surface area contributed by atoms with Crippen LogP contribution in [0.4, 0.5) is 5.69 Å². The van der Waals surface area contributed by atoms with E-state index in [0.29, 0.717) is 12.0 Å². The molecule has 0 radical (unpaired) electrons. The van der Waals surface area contributed by atoms with E-state index in [2.05, 4.69) is 57.1 Å². The summed E-state index contributed by atoms with van der Waals surface area (Å²) in [6, 6.07) is 10.8. The average Bonchev–Trinajstić information content (AvgIpc) is 3.29. The second-order valence-corrected chi connectivity index (χ2v) is 8.85. The normalized spacial score (nSPS) is 15.7. The molecular weight excluding hydrogens is 523 g/mol. The van der Waals surface area contributed by atoms with Crippen LogP contribution < -0.4 is 25.0 Å². The van der Waals surface area contributed by atoms with Gasteiger partial charge in [-0.2, -0.15) is 0 Å². The molecule has 2 aromatic rings. The summed E-state index contributed by atoms with van der Waals surface area (Å²) in [4.78, 5) is 8.25. The van der Waals surface area contributed by atoms with Crippen LogP contribution in [0.5, 0.6) is 11.5 Å². The minimum atomic E-state index is 0. The SMILES string of the molecule is CN=C(NCC(C)Cc1cccs1)NC1CCN(c2cc(OC)cc(OC)c2)CC1.I. The molecule has 2 N–H and O–H groups in total. The van der Waals surface area contributed by atoms with Gasteiger partial charge >= 0.3 is 0 Å². The van der Waals surface area contributed by atoms with Crippen molar-refractivity contribution in [1.29, 1.82) is 0 Å². The lowest BCUT2D eigenvalue weighted by Gasteiger charge is -2.35. The molecule has 2 heterocycles. The van der Waals surface area contributed by atoms with Crippen LogP contribution in [0.3, 0.4) is 0 Å². The molecule has 1 fully saturated rings. The van der Waals surface area contributed by atoms with Gasteiger partial charge in [-0.15, -0.1) is 35.3 Å². The predicted octanol–water partition coefficient (Wildman–Crippen LogP) is 4.40. The molecule has 0 aliphatic carbocycles. The summed E-state index contributed by atoms with van der Waals surface area (Å²) in [5.74, 6) is 3.11. The van der Waals surface area contributed by atoms with Gasteiger partial charge in [0.25, 0.3) is 0 Å². The Morgan fingerprint density at radius 1 is 1.19 bits per heavy atom. The van der Waals surface area contributed by atoms with E-state index in [1.807, 2.05) is 24.5 Å². The summed E-state index contributed by atoms with van der Waals surface area (Å²) in [7, 11) is 5.22. The first-order valence-electron chi connectivity index (χ1n) is 10.6. The Morgan fingerprint density at radius 2 is 1.87 bits per heavy atom. The first-order valence-corrected chi connectivity index (χ1v) is 11.5. The number of anilines is 1. The van der Waals surface area contributed by atoms with Gasteiger partial charge in [-0.05, 0) is 36.6 Å². The van der Waals surface area contributed by atoms with E-state index >= 15 is 0 Å². The maximum absolute atomic E-state index is 5.41. The van der Waals surface area contributed by atoms with Crippen molar-refractivity contribution in [3.8, 4) is 11.5 Å². The van der Waals surface area contributed by atoms with Gasteiger partial charge < -0.3 is 25.0 Å². The number of hydrogen-bond acceptors (Lipinski definition) is 5. The minimum absolute atomic E-state index is 0. The number of hydrogen-bond donors (Lipinski definition) is 2. The summed E-state index contributed by atoms with van der Waals surface area (Å²) < 4.78 is 10.8.